The van der Waals surface area contributed by atoms with Crippen molar-refractivity contribution >= 4 is 41.6 Å². The van der Waals surface area contributed by atoms with Crippen LogP contribution in [-0.4, -0.2) is 54.4 Å². The first-order valence-corrected chi connectivity index (χ1v) is 6.58. The fourth-order valence-electron chi connectivity index (χ4n) is 0.782. The number of rotatable bonds is 5. The first kappa shape index (κ1) is 26.8. The number of aromatic nitrogens is 3. The van der Waals surface area contributed by atoms with Crippen molar-refractivity contribution in [3.8, 4) is 0 Å². The molecule has 0 atom stereocenters. The fourth-order valence-corrected chi connectivity index (χ4v) is 1.24. The van der Waals surface area contributed by atoms with Gasteiger partial charge in [0.15, 0.2) is 0 Å². The van der Waals surface area contributed by atoms with Crippen LogP contribution in [-0.2, 0) is 20.1 Å². The van der Waals surface area contributed by atoms with Crippen LogP contribution in [0.2, 0.25) is 0 Å². The van der Waals surface area contributed by atoms with E-state index in [1.54, 1.807) is 5.43 Å². The maximum Gasteiger partial charge on any atom is 0.340 e. The second-order valence-corrected chi connectivity index (χ2v) is 3.73. The van der Waals surface area contributed by atoms with Crippen LogP contribution in [0.25, 0.3) is 0 Å². The SMILES string of the molecule is COC(CCl)(OC)OC.Cl.NNC(N)=O.O=c1[nH]nc(CCl)[nH]1. The van der Waals surface area contributed by atoms with E-state index in [1.165, 1.54) is 21.3 Å². The zero-order chi connectivity index (χ0) is 17.6. The molecule has 1 heterocycles. The molecule has 0 aliphatic carbocycles. The Balaban J connectivity index is -0.000000265. The maximum atomic E-state index is 10.2. The lowest BCUT2D eigenvalue weighted by atomic mass is 10.6. The number of hydrazine groups is 1. The van der Waals surface area contributed by atoms with Crippen molar-refractivity contribution in [1.29, 1.82) is 0 Å². The van der Waals surface area contributed by atoms with Gasteiger partial charge in [0.25, 0.3) is 5.97 Å². The first-order valence-electron chi connectivity index (χ1n) is 5.51. The number of nitrogens with one attached hydrogen (secondary N) is 3. The van der Waals surface area contributed by atoms with Crippen molar-refractivity contribution in [1.82, 2.24) is 20.6 Å². The summed E-state index contributed by atoms with van der Waals surface area (Å²) in [6.45, 7) is 0. The molecule has 0 saturated carbocycles. The largest absolute Gasteiger partial charge is 0.351 e. The van der Waals surface area contributed by atoms with E-state index < -0.39 is 12.0 Å². The lowest BCUT2D eigenvalue weighted by molar-refractivity contribution is -0.337. The van der Waals surface area contributed by atoms with E-state index in [9.17, 15) is 9.59 Å². The normalized spacial score (nSPS) is 9.48. The second-order valence-electron chi connectivity index (χ2n) is 3.20. The number of amides is 2. The summed E-state index contributed by atoms with van der Waals surface area (Å²) in [4.78, 5) is 21.9. The highest BCUT2D eigenvalue weighted by atomic mass is 35.5. The van der Waals surface area contributed by atoms with Crippen molar-refractivity contribution in [2.45, 2.75) is 11.9 Å². The molecule has 7 N–H and O–H groups in total. The van der Waals surface area contributed by atoms with Crippen LogP contribution in [0.4, 0.5) is 4.79 Å². The number of hydrogen-bond acceptors (Lipinski definition) is 7. The number of nitrogens with two attached hydrogens (primary N) is 2. The Morgan fingerprint density at radius 1 is 1.30 bits per heavy atom. The highest BCUT2D eigenvalue weighted by Crippen LogP contribution is 2.12. The van der Waals surface area contributed by atoms with Crippen LogP contribution >= 0.6 is 35.6 Å². The Morgan fingerprint density at radius 3 is 1.83 bits per heavy atom. The second kappa shape index (κ2) is 15.8. The number of hydrogen-bond donors (Lipinski definition) is 5. The van der Waals surface area contributed by atoms with Crippen LogP contribution < -0.4 is 22.7 Å². The predicted molar refractivity (Wildman–Crippen MR) is 87.4 cm³/mol. The molecular formula is C9H21Cl3N6O5. The van der Waals surface area contributed by atoms with E-state index in [0.717, 1.165) is 0 Å². The van der Waals surface area contributed by atoms with Crippen LogP contribution in [0.5, 0.6) is 0 Å². The summed E-state index contributed by atoms with van der Waals surface area (Å²) in [6.07, 6.45) is 0. The summed E-state index contributed by atoms with van der Waals surface area (Å²) in [5.41, 5.74) is 5.76. The molecule has 1 rings (SSSR count). The minimum Gasteiger partial charge on any atom is -0.351 e. The Bertz CT molecular complexity index is 435. The number of ether oxygens (including phenoxy) is 3. The number of nitrogens with zero attached hydrogens (tertiary/aromatic N) is 1. The molecular weight excluding hydrogens is 378 g/mol. The lowest BCUT2D eigenvalue weighted by Gasteiger charge is -2.25. The average Bonchev–Trinajstić information content (AvgIpc) is 2.97. The Labute approximate surface area is 148 Å². The molecule has 23 heavy (non-hydrogen) atoms. The van der Waals surface area contributed by atoms with Gasteiger partial charge in [0.2, 0.25) is 0 Å². The summed E-state index contributed by atoms with van der Waals surface area (Å²) in [6, 6.07) is -0.718. The number of aromatic amines is 2. The third kappa shape index (κ3) is 13.1. The molecule has 0 fully saturated rings. The highest BCUT2D eigenvalue weighted by molar-refractivity contribution is 6.18. The molecule has 11 nitrogen and oxygen atoms in total. The molecule has 0 bridgehead atoms. The van der Waals surface area contributed by atoms with Gasteiger partial charge in [-0.2, -0.15) is 5.10 Å². The van der Waals surface area contributed by atoms with Crippen LogP contribution in [0, 0.1) is 0 Å². The van der Waals surface area contributed by atoms with Gasteiger partial charge in [0.05, 0.1) is 5.88 Å². The van der Waals surface area contributed by atoms with E-state index in [4.69, 9.17) is 37.4 Å². The number of carbonyl (C=O) groups excluding carboxylic acids is 1. The maximum absolute atomic E-state index is 10.2. The number of carbonyl (C=O) groups is 1. The van der Waals surface area contributed by atoms with Gasteiger partial charge >= 0.3 is 11.7 Å². The van der Waals surface area contributed by atoms with Gasteiger partial charge < -0.3 is 19.9 Å². The van der Waals surface area contributed by atoms with E-state index in [1.807, 2.05) is 0 Å². The average molecular weight is 400 g/mol. The molecule has 0 aliphatic rings. The minimum absolute atomic E-state index is 0. The lowest BCUT2D eigenvalue weighted by Crippen LogP contribution is -2.37. The molecule has 14 heteroatoms. The van der Waals surface area contributed by atoms with E-state index in [-0.39, 0.29) is 29.9 Å². The molecule has 138 valence electrons. The molecule has 0 radical (unpaired) electrons. The third-order valence-electron chi connectivity index (χ3n) is 1.92. The quantitative estimate of drug-likeness (QED) is 0.147. The highest BCUT2D eigenvalue weighted by Gasteiger charge is 2.27. The van der Waals surface area contributed by atoms with E-state index in [2.05, 4.69) is 26.8 Å². The molecule has 2 amide bonds. The predicted octanol–water partition coefficient (Wildman–Crippen LogP) is -0.395. The van der Waals surface area contributed by atoms with Crippen molar-refractivity contribution in [3.63, 3.8) is 0 Å². The standard InChI is InChI=1S/C5H11ClO3.C3H4ClN3O.CH5N3O.ClH/c1-7-5(4-6,8-2)9-3;4-1-2-5-3(8)7-6-2;2-1(5)4-3;/h4H2,1-3H3;1H2,(H2,5,6,7,8);3H2,(H3,2,4,5);1H. The van der Waals surface area contributed by atoms with Gasteiger partial charge in [-0.3, -0.25) is 10.4 Å². The van der Waals surface area contributed by atoms with Gasteiger partial charge in [-0.05, 0) is 0 Å². The smallest absolute Gasteiger partial charge is 0.340 e. The molecule has 0 spiro atoms. The Hall–Kier alpha value is -1.08. The van der Waals surface area contributed by atoms with Crippen molar-refractivity contribution in [2.75, 3.05) is 27.2 Å². The fraction of sp³-hybridized carbons (Fsp3) is 0.667. The number of halogens is 3. The summed E-state index contributed by atoms with van der Waals surface area (Å²) in [5.74, 6) is 4.23. The molecule has 0 unspecified atom stereocenters. The Morgan fingerprint density at radius 2 is 1.74 bits per heavy atom. The van der Waals surface area contributed by atoms with Gasteiger partial charge in [-0.25, -0.2) is 20.5 Å². The first-order chi connectivity index (χ1) is 10.3. The number of alkyl halides is 2. The topological polar surface area (TPSA) is 170 Å². The summed E-state index contributed by atoms with van der Waals surface area (Å²) >= 11 is 10.7. The van der Waals surface area contributed by atoms with Crippen LogP contribution in [0.1, 0.15) is 5.82 Å². The van der Waals surface area contributed by atoms with E-state index >= 15 is 0 Å². The molecule has 0 aliphatic heterocycles. The van der Waals surface area contributed by atoms with Gasteiger partial charge in [-0.15, -0.1) is 35.6 Å². The molecule has 0 aromatic carbocycles. The Kier molecular flexibility index (Phi) is 18.4. The minimum atomic E-state index is -1.07. The van der Waals surface area contributed by atoms with Crippen molar-refractivity contribution in [2.24, 2.45) is 11.6 Å². The molecule has 1 aromatic rings. The number of urea groups is 1. The van der Waals surface area contributed by atoms with Gasteiger partial charge in [0.1, 0.15) is 11.7 Å². The zero-order valence-corrected chi connectivity index (χ0v) is 15.0. The molecule has 1 aromatic heterocycles. The zero-order valence-electron chi connectivity index (χ0n) is 12.7. The monoisotopic (exact) mass is 398 g/mol. The summed E-state index contributed by atoms with van der Waals surface area (Å²) in [5, 5.41) is 5.68. The number of H-pyrrole nitrogens is 2. The van der Waals surface area contributed by atoms with E-state index in [0.29, 0.717) is 5.82 Å². The van der Waals surface area contributed by atoms with Gasteiger partial charge in [-0.1, -0.05) is 0 Å². The summed E-state index contributed by atoms with van der Waals surface area (Å²) in [7, 11) is 4.40. The van der Waals surface area contributed by atoms with Gasteiger partial charge in [0, 0.05) is 21.3 Å². The number of primary amides is 1. The summed E-state index contributed by atoms with van der Waals surface area (Å²) < 4.78 is 14.4. The van der Waals surface area contributed by atoms with Crippen molar-refractivity contribution in [3.05, 3.63) is 16.3 Å². The van der Waals surface area contributed by atoms with Crippen LogP contribution in [0.3, 0.4) is 0 Å². The molecule has 0 saturated heterocycles. The van der Waals surface area contributed by atoms with Crippen molar-refractivity contribution < 1.29 is 19.0 Å². The third-order valence-corrected chi connectivity index (χ3v) is 2.50. The number of methoxy groups -OCH3 is 3. The van der Waals surface area contributed by atoms with Crippen LogP contribution in [0.15, 0.2) is 4.79 Å².